The average molecular weight is 433 g/mol. The molecular formula is C11H18N4O6STc. The number of nitrogens with one attached hydrogen (secondary N) is 3. The standard InChI is InChI=1S/C11H18N4O6S.Tc/c12-7(16)2-1-6(11(20)21)15-9(18)4-13-8(17)3-14-10(19)5-22;/h6,22H,1-5H2,(H2,12,16)(H,13,17)(H,14,19)(H,15,18)(H,20,21);/i;1+1. The summed E-state index contributed by atoms with van der Waals surface area (Å²) in [4.78, 5) is 55.1. The van der Waals surface area contributed by atoms with E-state index in [-0.39, 0.29) is 45.2 Å². The molecular weight excluding hydrogens is 415 g/mol. The summed E-state index contributed by atoms with van der Waals surface area (Å²) in [5.74, 6) is -3.88. The number of thiol groups is 1. The van der Waals surface area contributed by atoms with Gasteiger partial charge in [-0.1, -0.05) is 0 Å². The van der Waals surface area contributed by atoms with Crippen LogP contribution in [0.5, 0.6) is 0 Å². The maximum Gasteiger partial charge on any atom is 0.326 e. The Balaban J connectivity index is 0. The summed E-state index contributed by atoms with van der Waals surface area (Å²) in [6.45, 7) is -0.785. The molecule has 0 aromatic rings. The Kier molecular flexibility index (Phi) is 13.2. The Morgan fingerprint density at radius 1 is 1.00 bits per heavy atom. The first kappa shape index (κ1) is 23.6. The fourth-order valence-electron chi connectivity index (χ4n) is 1.27. The minimum Gasteiger partial charge on any atom is -0.480 e. The van der Waals surface area contributed by atoms with Crippen molar-refractivity contribution in [3.05, 3.63) is 0 Å². The van der Waals surface area contributed by atoms with Crippen LogP contribution in [-0.2, 0) is 44.1 Å². The normalized spacial score (nSPS) is 10.7. The Morgan fingerprint density at radius 3 is 2.00 bits per heavy atom. The van der Waals surface area contributed by atoms with Crippen LogP contribution in [0, 0.1) is 0 Å². The fourth-order valence-corrected chi connectivity index (χ4v) is 1.38. The number of primary amides is 1. The predicted octanol–water partition coefficient (Wildman–Crippen LogP) is -3.02. The van der Waals surface area contributed by atoms with Crippen molar-refractivity contribution in [2.45, 2.75) is 18.9 Å². The maximum absolute atomic E-state index is 11.5. The molecule has 0 aliphatic heterocycles. The topological polar surface area (TPSA) is 168 Å². The van der Waals surface area contributed by atoms with Crippen molar-refractivity contribution >= 4 is 42.2 Å². The number of rotatable bonds is 10. The predicted molar refractivity (Wildman–Crippen MR) is 77.9 cm³/mol. The molecule has 0 aliphatic rings. The van der Waals surface area contributed by atoms with E-state index in [1.807, 2.05) is 0 Å². The van der Waals surface area contributed by atoms with Crippen LogP contribution in [0.3, 0.4) is 0 Å². The first-order chi connectivity index (χ1) is 10.3. The summed E-state index contributed by atoms with van der Waals surface area (Å²) in [5.41, 5.74) is 4.90. The van der Waals surface area contributed by atoms with E-state index in [2.05, 4.69) is 28.6 Å². The minimum atomic E-state index is -1.32. The zero-order valence-electron chi connectivity index (χ0n) is 12.0. The average Bonchev–Trinajstić information content (AvgIpc) is 2.46. The number of aliphatic carboxylic acids is 1. The summed E-state index contributed by atoms with van der Waals surface area (Å²) in [5, 5.41) is 15.5. The van der Waals surface area contributed by atoms with Crippen LogP contribution in [0.1, 0.15) is 12.8 Å². The van der Waals surface area contributed by atoms with Gasteiger partial charge in [0, 0.05) is 26.5 Å². The SMILES string of the molecule is NC(=O)CCC(NC(=O)CNC(=O)CNC(=O)CS)C(=O)O.[99Tc]. The van der Waals surface area contributed by atoms with Gasteiger partial charge in [-0.05, 0) is 6.42 Å². The van der Waals surface area contributed by atoms with E-state index in [1.54, 1.807) is 0 Å². The number of amides is 4. The molecule has 131 valence electrons. The van der Waals surface area contributed by atoms with Gasteiger partial charge in [0.15, 0.2) is 0 Å². The van der Waals surface area contributed by atoms with Gasteiger partial charge in [0.1, 0.15) is 6.04 Å². The van der Waals surface area contributed by atoms with Crippen LogP contribution in [-0.4, -0.2) is 59.6 Å². The van der Waals surface area contributed by atoms with E-state index in [0.717, 1.165) is 0 Å². The molecule has 0 fully saturated rings. The van der Waals surface area contributed by atoms with E-state index >= 15 is 0 Å². The quantitative estimate of drug-likeness (QED) is 0.201. The van der Waals surface area contributed by atoms with Gasteiger partial charge >= 0.3 is 5.97 Å². The molecule has 0 heterocycles. The first-order valence-electron chi connectivity index (χ1n) is 6.21. The Bertz CT molecular complexity index is 462. The zero-order valence-corrected chi connectivity index (χ0v) is 14.8. The summed E-state index contributed by atoms with van der Waals surface area (Å²) in [6, 6.07) is -1.28. The molecule has 0 bridgehead atoms. The summed E-state index contributed by atoms with van der Waals surface area (Å²) >= 11 is 3.70. The van der Waals surface area contributed by atoms with Crippen molar-refractivity contribution in [3.63, 3.8) is 0 Å². The number of hydrogen-bond acceptors (Lipinski definition) is 6. The number of carboxylic acid groups (broad SMARTS) is 1. The molecule has 0 saturated carbocycles. The van der Waals surface area contributed by atoms with E-state index in [9.17, 15) is 24.0 Å². The summed E-state index contributed by atoms with van der Waals surface area (Å²) < 4.78 is 0. The van der Waals surface area contributed by atoms with Crippen molar-refractivity contribution in [1.82, 2.24) is 16.0 Å². The molecule has 4 amide bonds. The van der Waals surface area contributed by atoms with Crippen molar-refractivity contribution in [2.75, 3.05) is 18.8 Å². The molecule has 1 radical (unpaired) electrons. The van der Waals surface area contributed by atoms with E-state index in [0.29, 0.717) is 0 Å². The molecule has 6 N–H and O–H groups in total. The molecule has 10 nitrogen and oxygen atoms in total. The fraction of sp³-hybridized carbons (Fsp3) is 0.545. The van der Waals surface area contributed by atoms with Crippen molar-refractivity contribution in [2.24, 2.45) is 5.73 Å². The third-order valence-corrected chi connectivity index (χ3v) is 2.64. The van der Waals surface area contributed by atoms with Gasteiger partial charge in [-0.2, -0.15) is 12.6 Å². The third-order valence-electron chi connectivity index (χ3n) is 2.35. The number of carbonyl (C=O) groups is 5. The second-order valence-corrected chi connectivity index (χ2v) is 4.49. The van der Waals surface area contributed by atoms with Crippen LogP contribution in [0.2, 0.25) is 0 Å². The van der Waals surface area contributed by atoms with Gasteiger partial charge in [-0.3, -0.25) is 19.2 Å². The molecule has 0 aromatic carbocycles. The molecule has 1 atom stereocenters. The van der Waals surface area contributed by atoms with E-state index in [1.165, 1.54) is 0 Å². The molecule has 0 aromatic heterocycles. The summed E-state index contributed by atoms with van der Waals surface area (Å²) in [6.07, 6.45) is -0.346. The van der Waals surface area contributed by atoms with Crippen LogP contribution in [0.4, 0.5) is 0 Å². The molecule has 0 spiro atoms. The van der Waals surface area contributed by atoms with Crippen molar-refractivity contribution in [3.8, 4) is 0 Å². The Labute approximate surface area is 151 Å². The number of nitrogens with two attached hydrogens (primary N) is 1. The molecule has 0 rings (SSSR count). The monoisotopic (exact) mass is 433 g/mol. The zero-order chi connectivity index (χ0) is 17.1. The van der Waals surface area contributed by atoms with Gasteiger partial charge in [-0.15, -0.1) is 0 Å². The van der Waals surface area contributed by atoms with Gasteiger partial charge in [0.2, 0.25) is 23.6 Å². The molecule has 12 heteroatoms. The molecule has 0 saturated heterocycles. The van der Waals surface area contributed by atoms with Crippen LogP contribution < -0.4 is 21.7 Å². The summed E-state index contributed by atoms with van der Waals surface area (Å²) in [7, 11) is 0. The largest absolute Gasteiger partial charge is 0.480 e. The van der Waals surface area contributed by atoms with Gasteiger partial charge in [0.05, 0.1) is 18.8 Å². The Morgan fingerprint density at radius 2 is 1.52 bits per heavy atom. The molecule has 0 aliphatic carbocycles. The number of hydrogen-bond donors (Lipinski definition) is 6. The maximum atomic E-state index is 11.5. The Hall–Kier alpha value is -1.65. The third kappa shape index (κ3) is 12.6. The molecule has 1 unspecified atom stereocenters. The van der Waals surface area contributed by atoms with E-state index < -0.39 is 42.2 Å². The second kappa shape index (κ2) is 12.9. The molecule has 23 heavy (non-hydrogen) atoms. The minimum absolute atomic E-state index is 0. The van der Waals surface area contributed by atoms with Crippen LogP contribution >= 0.6 is 12.6 Å². The van der Waals surface area contributed by atoms with Crippen LogP contribution in [0.25, 0.3) is 0 Å². The van der Waals surface area contributed by atoms with E-state index in [4.69, 9.17) is 10.8 Å². The number of carboxylic acids is 1. The van der Waals surface area contributed by atoms with Gasteiger partial charge < -0.3 is 26.8 Å². The van der Waals surface area contributed by atoms with Crippen molar-refractivity contribution < 1.29 is 49.2 Å². The van der Waals surface area contributed by atoms with Crippen molar-refractivity contribution in [1.29, 1.82) is 0 Å². The second-order valence-electron chi connectivity index (χ2n) is 4.17. The smallest absolute Gasteiger partial charge is 0.326 e. The van der Waals surface area contributed by atoms with Gasteiger partial charge in [-0.25, -0.2) is 4.79 Å². The van der Waals surface area contributed by atoms with Crippen LogP contribution in [0.15, 0.2) is 0 Å². The number of carbonyl (C=O) groups excluding carboxylic acids is 4. The van der Waals surface area contributed by atoms with Gasteiger partial charge in [0.25, 0.3) is 0 Å². The first-order valence-corrected chi connectivity index (χ1v) is 6.84.